The molecule has 0 radical (unpaired) electrons. The molecule has 1 aromatic heterocycles. The molecular formula is C16H28N6O2. The molecule has 1 fully saturated rings. The van der Waals surface area contributed by atoms with Gasteiger partial charge in [-0.2, -0.15) is 0 Å². The van der Waals surface area contributed by atoms with E-state index in [1.807, 2.05) is 12.4 Å². The maximum atomic E-state index is 12.4. The summed E-state index contributed by atoms with van der Waals surface area (Å²) in [6.45, 7) is 9.77. The second kappa shape index (κ2) is 8.14. The Balaban J connectivity index is 1.91. The van der Waals surface area contributed by atoms with Crippen molar-refractivity contribution in [2.24, 2.45) is 5.73 Å². The molecule has 0 unspecified atom stereocenters. The van der Waals surface area contributed by atoms with E-state index in [2.05, 4.69) is 33.6 Å². The van der Waals surface area contributed by atoms with Crippen molar-refractivity contribution in [1.29, 1.82) is 0 Å². The number of nitrogens with two attached hydrogens (primary N) is 1. The zero-order valence-corrected chi connectivity index (χ0v) is 14.7. The highest BCUT2D eigenvalue weighted by Crippen LogP contribution is 2.12. The van der Waals surface area contributed by atoms with E-state index < -0.39 is 12.1 Å². The molecule has 2 heterocycles. The quantitative estimate of drug-likeness (QED) is 0.821. The van der Waals surface area contributed by atoms with Crippen LogP contribution in [0.5, 0.6) is 0 Å². The molecule has 2 rings (SSSR count). The van der Waals surface area contributed by atoms with E-state index in [0.717, 1.165) is 31.9 Å². The van der Waals surface area contributed by atoms with Gasteiger partial charge in [0.2, 0.25) is 5.91 Å². The molecule has 8 heteroatoms. The van der Waals surface area contributed by atoms with Crippen molar-refractivity contribution < 1.29 is 9.59 Å². The summed E-state index contributed by atoms with van der Waals surface area (Å²) in [6.07, 6.45) is 4.74. The summed E-state index contributed by atoms with van der Waals surface area (Å²) in [4.78, 5) is 31.9. The Morgan fingerprint density at radius 3 is 2.67 bits per heavy atom. The van der Waals surface area contributed by atoms with Crippen LogP contribution in [0.4, 0.5) is 4.79 Å². The van der Waals surface area contributed by atoms with Gasteiger partial charge >= 0.3 is 6.03 Å². The molecule has 0 aromatic carbocycles. The lowest BCUT2D eigenvalue weighted by Gasteiger charge is -2.25. The average Bonchev–Trinajstić information content (AvgIpc) is 2.84. The van der Waals surface area contributed by atoms with Crippen LogP contribution in [0.15, 0.2) is 12.4 Å². The first-order chi connectivity index (χ1) is 11.4. The summed E-state index contributed by atoms with van der Waals surface area (Å²) in [7, 11) is 0. The van der Waals surface area contributed by atoms with Crippen molar-refractivity contribution in [3.05, 3.63) is 18.2 Å². The number of primary amides is 1. The number of imidazole rings is 1. The fourth-order valence-corrected chi connectivity index (χ4v) is 3.03. The second-order valence-electron chi connectivity index (χ2n) is 6.53. The lowest BCUT2D eigenvalue weighted by Crippen LogP contribution is -2.49. The topological polar surface area (TPSA) is 96.5 Å². The van der Waals surface area contributed by atoms with Gasteiger partial charge in [-0.3, -0.25) is 9.69 Å². The lowest BCUT2D eigenvalue weighted by molar-refractivity contribution is -0.132. The van der Waals surface area contributed by atoms with Gasteiger partial charge in [-0.15, -0.1) is 0 Å². The van der Waals surface area contributed by atoms with Crippen molar-refractivity contribution in [2.75, 3.05) is 26.2 Å². The Labute approximate surface area is 143 Å². The van der Waals surface area contributed by atoms with E-state index in [-0.39, 0.29) is 5.91 Å². The largest absolute Gasteiger partial charge is 0.352 e. The first-order valence-corrected chi connectivity index (χ1v) is 8.47. The van der Waals surface area contributed by atoms with Crippen molar-refractivity contribution in [3.63, 3.8) is 0 Å². The lowest BCUT2D eigenvalue weighted by atomic mass is 10.2. The van der Waals surface area contributed by atoms with Gasteiger partial charge in [-0.25, -0.2) is 9.78 Å². The Hall–Kier alpha value is -2.09. The third-order valence-electron chi connectivity index (χ3n) is 4.30. The number of urea groups is 1. The highest BCUT2D eigenvalue weighted by atomic mass is 16.2. The monoisotopic (exact) mass is 336 g/mol. The molecule has 0 bridgehead atoms. The van der Waals surface area contributed by atoms with Gasteiger partial charge in [0.05, 0.1) is 6.54 Å². The van der Waals surface area contributed by atoms with E-state index in [0.29, 0.717) is 19.1 Å². The Bertz CT molecular complexity index is 571. The molecule has 0 aliphatic carbocycles. The molecular weight excluding hydrogens is 308 g/mol. The van der Waals surface area contributed by atoms with Gasteiger partial charge in [0.15, 0.2) is 0 Å². The molecule has 1 aliphatic heterocycles. The number of hydrogen-bond acceptors (Lipinski definition) is 4. The number of carbonyl (C=O) groups excluding carboxylic acids is 2. The first-order valence-electron chi connectivity index (χ1n) is 8.47. The van der Waals surface area contributed by atoms with E-state index in [1.54, 1.807) is 11.8 Å². The summed E-state index contributed by atoms with van der Waals surface area (Å²) < 4.78 is 2.17. The third-order valence-corrected chi connectivity index (χ3v) is 4.30. The number of amides is 3. The summed E-state index contributed by atoms with van der Waals surface area (Å²) in [5.41, 5.74) is 5.09. The standard InChI is InChI=1S/C16H28N6O2/c1-12(2)22-8-5-18-14(22)11-20-6-4-7-21(10-9-20)15(23)13(3)19-16(17)24/h5,8,12-13H,4,6-7,9-11H2,1-3H3,(H3,17,19,24)/t13-/m0/s1. The van der Waals surface area contributed by atoms with Gasteiger partial charge < -0.3 is 20.5 Å². The predicted octanol–water partition coefficient (Wildman–Crippen LogP) is 0.555. The van der Waals surface area contributed by atoms with Crippen LogP contribution in [0, 0.1) is 0 Å². The molecule has 0 saturated carbocycles. The average molecular weight is 336 g/mol. The SMILES string of the molecule is CC(C)n1ccnc1CN1CCCN(C(=O)[C@H](C)NC(N)=O)CC1. The van der Waals surface area contributed by atoms with Crippen LogP contribution in [0.2, 0.25) is 0 Å². The number of carbonyl (C=O) groups is 2. The Morgan fingerprint density at radius 2 is 2.00 bits per heavy atom. The molecule has 0 spiro atoms. The molecule has 1 aromatic rings. The van der Waals surface area contributed by atoms with Gasteiger partial charge in [0.1, 0.15) is 11.9 Å². The Morgan fingerprint density at radius 1 is 1.25 bits per heavy atom. The maximum absolute atomic E-state index is 12.4. The number of rotatable bonds is 5. The van der Waals surface area contributed by atoms with Crippen LogP contribution in [-0.4, -0.2) is 63.5 Å². The molecule has 1 saturated heterocycles. The summed E-state index contributed by atoms with van der Waals surface area (Å²) in [5, 5.41) is 2.45. The summed E-state index contributed by atoms with van der Waals surface area (Å²) in [6, 6.07) is -0.880. The fraction of sp³-hybridized carbons (Fsp3) is 0.688. The van der Waals surface area contributed by atoms with Crippen molar-refractivity contribution in [2.45, 2.75) is 45.8 Å². The van der Waals surface area contributed by atoms with Gasteiger partial charge in [-0.1, -0.05) is 0 Å². The molecule has 8 nitrogen and oxygen atoms in total. The fourth-order valence-electron chi connectivity index (χ4n) is 3.03. The third kappa shape index (κ3) is 4.70. The van der Waals surface area contributed by atoms with Crippen LogP contribution >= 0.6 is 0 Å². The molecule has 3 N–H and O–H groups in total. The summed E-state index contributed by atoms with van der Waals surface area (Å²) in [5.74, 6) is 0.966. The smallest absolute Gasteiger partial charge is 0.312 e. The van der Waals surface area contributed by atoms with Gasteiger partial charge in [-0.05, 0) is 27.2 Å². The first kappa shape index (κ1) is 18.3. The van der Waals surface area contributed by atoms with E-state index in [4.69, 9.17) is 5.73 Å². The van der Waals surface area contributed by atoms with Crippen LogP contribution in [0.1, 0.15) is 39.1 Å². The minimum absolute atomic E-state index is 0.0840. The van der Waals surface area contributed by atoms with Gasteiger partial charge in [0, 0.05) is 44.6 Å². The van der Waals surface area contributed by atoms with Gasteiger partial charge in [0.25, 0.3) is 0 Å². The summed E-state index contributed by atoms with van der Waals surface area (Å²) >= 11 is 0. The molecule has 134 valence electrons. The number of hydrogen-bond donors (Lipinski definition) is 2. The zero-order valence-electron chi connectivity index (χ0n) is 14.7. The van der Waals surface area contributed by atoms with E-state index in [1.165, 1.54) is 0 Å². The molecule has 24 heavy (non-hydrogen) atoms. The Kier molecular flexibility index (Phi) is 6.19. The number of nitrogens with zero attached hydrogens (tertiary/aromatic N) is 4. The van der Waals surface area contributed by atoms with E-state index in [9.17, 15) is 9.59 Å². The van der Waals surface area contributed by atoms with Crippen LogP contribution in [0.3, 0.4) is 0 Å². The normalized spacial score (nSPS) is 17.6. The van der Waals surface area contributed by atoms with E-state index >= 15 is 0 Å². The minimum Gasteiger partial charge on any atom is -0.352 e. The number of aromatic nitrogens is 2. The van der Waals surface area contributed by atoms with Crippen molar-refractivity contribution in [3.8, 4) is 0 Å². The van der Waals surface area contributed by atoms with Crippen LogP contribution in [0.25, 0.3) is 0 Å². The molecule has 3 amide bonds. The van der Waals surface area contributed by atoms with Crippen molar-refractivity contribution >= 4 is 11.9 Å². The highest BCUT2D eigenvalue weighted by molar-refractivity contribution is 5.86. The minimum atomic E-state index is -0.673. The number of nitrogens with one attached hydrogen (secondary N) is 1. The van der Waals surface area contributed by atoms with Crippen LogP contribution < -0.4 is 11.1 Å². The predicted molar refractivity (Wildman–Crippen MR) is 91.3 cm³/mol. The maximum Gasteiger partial charge on any atom is 0.312 e. The van der Waals surface area contributed by atoms with Crippen LogP contribution in [-0.2, 0) is 11.3 Å². The molecule has 1 aliphatic rings. The van der Waals surface area contributed by atoms with Crippen molar-refractivity contribution in [1.82, 2.24) is 24.7 Å². The molecule has 1 atom stereocenters. The second-order valence-corrected chi connectivity index (χ2v) is 6.53. The zero-order chi connectivity index (χ0) is 17.7. The highest BCUT2D eigenvalue weighted by Gasteiger charge is 2.24.